The molecule has 1 aromatic carbocycles. The zero-order valence-corrected chi connectivity index (χ0v) is 14.9. The third kappa shape index (κ3) is 2.77. The van der Waals surface area contributed by atoms with E-state index < -0.39 is 17.3 Å². The molecule has 0 aliphatic heterocycles. The van der Waals surface area contributed by atoms with E-state index in [2.05, 4.69) is 10.3 Å². The number of hydrogen-bond donors (Lipinski definition) is 1. The van der Waals surface area contributed by atoms with Crippen molar-refractivity contribution in [2.24, 2.45) is 14.1 Å². The maximum Gasteiger partial charge on any atom is 0.332 e. The first-order chi connectivity index (χ1) is 12.3. The Hall–Kier alpha value is -3.36. The molecule has 0 aliphatic carbocycles. The molecule has 136 valence electrons. The highest BCUT2D eigenvalue weighted by Gasteiger charge is 2.22. The van der Waals surface area contributed by atoms with Crippen LogP contribution in [0.5, 0.6) is 5.75 Å². The Morgan fingerprint density at radius 2 is 1.96 bits per heavy atom. The van der Waals surface area contributed by atoms with Crippen LogP contribution in [0.15, 0.2) is 40.2 Å². The molecule has 3 aromatic rings. The van der Waals surface area contributed by atoms with Crippen molar-refractivity contribution in [3.05, 3.63) is 51.4 Å². The molecule has 1 N–H and O–H groups in total. The number of rotatable bonds is 4. The van der Waals surface area contributed by atoms with Crippen molar-refractivity contribution in [2.75, 3.05) is 12.4 Å². The second-order valence-electron chi connectivity index (χ2n) is 5.93. The van der Waals surface area contributed by atoms with E-state index in [4.69, 9.17) is 4.74 Å². The van der Waals surface area contributed by atoms with Gasteiger partial charge in [0.15, 0.2) is 11.2 Å². The summed E-state index contributed by atoms with van der Waals surface area (Å²) in [7, 11) is 4.46. The van der Waals surface area contributed by atoms with Gasteiger partial charge in [-0.3, -0.25) is 18.7 Å². The fraction of sp³-hybridized carbons (Fsp3) is 0.294. The van der Waals surface area contributed by atoms with Crippen molar-refractivity contribution in [3.8, 4) is 5.75 Å². The van der Waals surface area contributed by atoms with E-state index in [1.165, 1.54) is 29.6 Å². The summed E-state index contributed by atoms with van der Waals surface area (Å²) < 4.78 is 8.87. The molecule has 26 heavy (non-hydrogen) atoms. The number of ether oxygens (including phenoxy) is 1. The van der Waals surface area contributed by atoms with Gasteiger partial charge in [-0.1, -0.05) is 6.07 Å². The van der Waals surface area contributed by atoms with Crippen molar-refractivity contribution in [3.63, 3.8) is 0 Å². The fourth-order valence-electron chi connectivity index (χ4n) is 2.73. The van der Waals surface area contributed by atoms with E-state index in [1.54, 1.807) is 38.3 Å². The quantitative estimate of drug-likeness (QED) is 0.739. The summed E-state index contributed by atoms with van der Waals surface area (Å²) in [6, 6.07) is 6.25. The Bertz CT molecular complexity index is 1110. The molecular weight excluding hydrogens is 338 g/mol. The van der Waals surface area contributed by atoms with E-state index in [0.29, 0.717) is 11.4 Å². The molecule has 0 radical (unpaired) electrons. The monoisotopic (exact) mass is 357 g/mol. The number of imidazole rings is 1. The van der Waals surface area contributed by atoms with Gasteiger partial charge in [-0.05, 0) is 19.1 Å². The van der Waals surface area contributed by atoms with Crippen LogP contribution in [0.25, 0.3) is 11.2 Å². The molecule has 0 saturated heterocycles. The summed E-state index contributed by atoms with van der Waals surface area (Å²) in [5, 5.41) is 2.78. The Labute approximate surface area is 148 Å². The van der Waals surface area contributed by atoms with E-state index >= 15 is 0 Å². The van der Waals surface area contributed by atoms with Crippen molar-refractivity contribution in [1.29, 1.82) is 0 Å². The zero-order chi connectivity index (χ0) is 19.0. The first-order valence-corrected chi connectivity index (χ1v) is 7.92. The Morgan fingerprint density at radius 3 is 2.65 bits per heavy atom. The van der Waals surface area contributed by atoms with Crippen LogP contribution in [0.4, 0.5) is 5.69 Å². The number of carbonyl (C=O) groups is 1. The van der Waals surface area contributed by atoms with Crippen LogP contribution >= 0.6 is 0 Å². The summed E-state index contributed by atoms with van der Waals surface area (Å²) >= 11 is 0. The highest BCUT2D eigenvalue weighted by atomic mass is 16.5. The maximum absolute atomic E-state index is 12.6. The summed E-state index contributed by atoms with van der Waals surface area (Å²) in [5.41, 5.74) is 0.0378. The van der Waals surface area contributed by atoms with E-state index in [9.17, 15) is 14.4 Å². The number of nitrogens with one attached hydrogen (secondary N) is 1. The van der Waals surface area contributed by atoms with Crippen molar-refractivity contribution < 1.29 is 9.53 Å². The van der Waals surface area contributed by atoms with Crippen LogP contribution < -0.4 is 21.3 Å². The second-order valence-corrected chi connectivity index (χ2v) is 5.93. The second kappa shape index (κ2) is 6.51. The number of fused-ring (bicyclic) bond motifs is 1. The lowest BCUT2D eigenvalue weighted by Crippen LogP contribution is -2.38. The molecule has 0 bridgehead atoms. The van der Waals surface area contributed by atoms with Crippen molar-refractivity contribution in [1.82, 2.24) is 18.7 Å². The minimum Gasteiger partial charge on any atom is -0.497 e. The van der Waals surface area contributed by atoms with Crippen LogP contribution in [0.3, 0.4) is 0 Å². The first-order valence-electron chi connectivity index (χ1n) is 7.92. The zero-order valence-electron chi connectivity index (χ0n) is 14.9. The first kappa shape index (κ1) is 17.5. The number of nitrogens with zero attached hydrogens (tertiary/aromatic N) is 4. The third-order valence-electron chi connectivity index (χ3n) is 4.31. The van der Waals surface area contributed by atoms with Gasteiger partial charge in [0.25, 0.3) is 5.56 Å². The van der Waals surface area contributed by atoms with Gasteiger partial charge in [-0.15, -0.1) is 0 Å². The third-order valence-corrected chi connectivity index (χ3v) is 4.31. The fourth-order valence-corrected chi connectivity index (χ4v) is 2.73. The van der Waals surface area contributed by atoms with Gasteiger partial charge in [-0.25, -0.2) is 9.78 Å². The van der Waals surface area contributed by atoms with Crippen LogP contribution in [0.1, 0.15) is 13.0 Å². The van der Waals surface area contributed by atoms with Gasteiger partial charge in [0.05, 0.1) is 13.4 Å². The average Bonchev–Trinajstić information content (AvgIpc) is 3.09. The Balaban J connectivity index is 2.00. The van der Waals surface area contributed by atoms with Gasteiger partial charge in [-0.2, -0.15) is 0 Å². The standard InChI is InChI=1S/C17H19N5O4/c1-10(15(23)19-11-6-5-7-12(8-11)26-4)22-9-18-14-13(22)16(24)21(3)17(25)20(14)2/h5-10H,1-4H3,(H,19,23)/t10-/m0/s1. The number of benzene rings is 1. The minimum atomic E-state index is -0.712. The van der Waals surface area contributed by atoms with Gasteiger partial charge in [0.1, 0.15) is 11.8 Å². The molecule has 0 saturated carbocycles. The van der Waals surface area contributed by atoms with Gasteiger partial charge >= 0.3 is 5.69 Å². The average molecular weight is 357 g/mol. The number of amides is 1. The molecular formula is C17H19N5O4. The molecule has 0 aliphatic rings. The molecule has 9 nitrogen and oxygen atoms in total. The predicted molar refractivity (Wildman–Crippen MR) is 96.5 cm³/mol. The molecule has 0 spiro atoms. The lowest BCUT2D eigenvalue weighted by molar-refractivity contribution is -0.118. The Kier molecular flexibility index (Phi) is 4.37. The van der Waals surface area contributed by atoms with Gasteiger partial charge in [0, 0.05) is 25.8 Å². The smallest absolute Gasteiger partial charge is 0.332 e. The Morgan fingerprint density at radius 1 is 1.23 bits per heavy atom. The molecule has 3 rings (SSSR count). The van der Waals surface area contributed by atoms with E-state index in [1.807, 2.05) is 0 Å². The maximum atomic E-state index is 12.6. The van der Waals surface area contributed by atoms with Crippen LogP contribution in [-0.2, 0) is 18.9 Å². The topological polar surface area (TPSA) is 100 Å². The molecule has 0 unspecified atom stereocenters. The molecule has 2 heterocycles. The summed E-state index contributed by atoms with van der Waals surface area (Å²) in [5.74, 6) is 0.292. The minimum absolute atomic E-state index is 0.197. The SMILES string of the molecule is COc1cccc(NC(=O)[C@H](C)n2cnc3c2c(=O)n(C)c(=O)n3C)c1. The number of aromatic nitrogens is 4. The van der Waals surface area contributed by atoms with Gasteiger partial charge in [0.2, 0.25) is 5.91 Å². The van der Waals surface area contributed by atoms with E-state index in [0.717, 1.165) is 4.57 Å². The number of anilines is 1. The van der Waals surface area contributed by atoms with Crippen LogP contribution in [-0.4, -0.2) is 31.7 Å². The summed E-state index contributed by atoms with van der Waals surface area (Å²) in [6.07, 6.45) is 1.39. The number of hydrogen-bond acceptors (Lipinski definition) is 5. The molecule has 1 amide bonds. The summed E-state index contributed by atoms with van der Waals surface area (Å²) in [4.78, 5) is 41.3. The lowest BCUT2D eigenvalue weighted by atomic mass is 10.2. The highest BCUT2D eigenvalue weighted by Crippen LogP contribution is 2.19. The normalized spacial score (nSPS) is 12.2. The lowest BCUT2D eigenvalue weighted by Gasteiger charge is -2.15. The number of carbonyl (C=O) groups excluding carboxylic acids is 1. The molecule has 2 aromatic heterocycles. The van der Waals surface area contributed by atoms with Gasteiger partial charge < -0.3 is 14.6 Å². The molecule has 1 atom stereocenters. The van der Waals surface area contributed by atoms with Crippen molar-refractivity contribution >= 4 is 22.8 Å². The van der Waals surface area contributed by atoms with Crippen LogP contribution in [0, 0.1) is 0 Å². The van der Waals surface area contributed by atoms with E-state index in [-0.39, 0.29) is 17.1 Å². The number of methoxy groups -OCH3 is 1. The summed E-state index contributed by atoms with van der Waals surface area (Å²) in [6.45, 7) is 1.65. The number of aryl methyl sites for hydroxylation is 1. The molecule has 9 heteroatoms. The highest BCUT2D eigenvalue weighted by molar-refractivity contribution is 5.94. The largest absolute Gasteiger partial charge is 0.497 e. The molecule has 0 fully saturated rings. The van der Waals surface area contributed by atoms with Crippen molar-refractivity contribution in [2.45, 2.75) is 13.0 Å². The predicted octanol–water partition coefficient (Wildman–Crippen LogP) is 0.642. The van der Waals surface area contributed by atoms with Crippen LogP contribution in [0.2, 0.25) is 0 Å².